The van der Waals surface area contributed by atoms with Crippen molar-refractivity contribution in [3.63, 3.8) is 0 Å². The molecule has 5 heteroatoms. The molecule has 2 atom stereocenters. The fraction of sp³-hybridized carbons (Fsp3) is 0.400. The molecule has 0 spiro atoms. The smallest absolute Gasteiger partial charge is 0.287 e. The zero-order valence-electron chi connectivity index (χ0n) is 11.2. The van der Waals surface area contributed by atoms with E-state index in [4.69, 9.17) is 4.42 Å². The fourth-order valence-corrected chi connectivity index (χ4v) is 3.13. The summed E-state index contributed by atoms with van der Waals surface area (Å²) in [5.41, 5.74) is 1.94. The Morgan fingerprint density at radius 3 is 2.80 bits per heavy atom. The van der Waals surface area contributed by atoms with Gasteiger partial charge in [-0.2, -0.15) is 0 Å². The van der Waals surface area contributed by atoms with Crippen molar-refractivity contribution in [3.8, 4) is 0 Å². The van der Waals surface area contributed by atoms with E-state index >= 15 is 0 Å². The van der Waals surface area contributed by atoms with Crippen molar-refractivity contribution in [2.75, 3.05) is 13.1 Å². The summed E-state index contributed by atoms with van der Waals surface area (Å²) in [6.45, 7) is 4.08. The maximum Gasteiger partial charge on any atom is 0.287 e. The van der Waals surface area contributed by atoms with E-state index in [-0.39, 0.29) is 18.3 Å². The van der Waals surface area contributed by atoms with Gasteiger partial charge in [0.25, 0.3) is 5.91 Å². The van der Waals surface area contributed by atoms with E-state index < -0.39 is 0 Å². The van der Waals surface area contributed by atoms with E-state index in [1.54, 1.807) is 0 Å². The highest BCUT2D eigenvalue weighted by Gasteiger charge is 2.53. The number of fused-ring (bicyclic) bond motifs is 2. The Hall–Kier alpha value is -1.52. The van der Waals surface area contributed by atoms with Gasteiger partial charge in [-0.3, -0.25) is 4.79 Å². The molecule has 2 fully saturated rings. The third-order valence-electron chi connectivity index (χ3n) is 4.29. The van der Waals surface area contributed by atoms with Crippen LogP contribution in [0.2, 0.25) is 0 Å². The molecule has 2 aromatic rings. The summed E-state index contributed by atoms with van der Waals surface area (Å²) < 4.78 is 5.61. The van der Waals surface area contributed by atoms with Gasteiger partial charge in [-0.1, -0.05) is 11.6 Å². The van der Waals surface area contributed by atoms with Crippen LogP contribution in [0.3, 0.4) is 0 Å². The maximum absolute atomic E-state index is 12.2. The minimum absolute atomic E-state index is 0. The van der Waals surface area contributed by atoms with Crippen molar-refractivity contribution in [1.82, 2.24) is 10.6 Å². The Bertz CT molecular complexity index is 657. The van der Waals surface area contributed by atoms with E-state index in [0.29, 0.717) is 23.6 Å². The van der Waals surface area contributed by atoms with Gasteiger partial charge in [0, 0.05) is 24.5 Å². The van der Waals surface area contributed by atoms with Gasteiger partial charge >= 0.3 is 0 Å². The standard InChI is InChI=1S/C15H16N2O2.ClH/c1-8-2-3-12-9(4-8)5-13(19-12)15(18)17-14-10-6-16-7-11(10)14;/h2-5,10-11,14,16H,6-7H2,1H3,(H,17,18);1H. The van der Waals surface area contributed by atoms with Crippen LogP contribution in [0.25, 0.3) is 11.0 Å². The molecule has 106 valence electrons. The second kappa shape index (κ2) is 4.79. The molecule has 2 aliphatic rings. The van der Waals surface area contributed by atoms with Crippen LogP contribution in [0.15, 0.2) is 28.7 Å². The Labute approximate surface area is 123 Å². The summed E-state index contributed by atoms with van der Waals surface area (Å²) in [7, 11) is 0. The minimum atomic E-state index is -0.0896. The molecule has 1 aromatic heterocycles. The minimum Gasteiger partial charge on any atom is -0.451 e. The summed E-state index contributed by atoms with van der Waals surface area (Å²) in [6.07, 6.45) is 0. The fourth-order valence-electron chi connectivity index (χ4n) is 3.13. The Morgan fingerprint density at radius 2 is 2.05 bits per heavy atom. The van der Waals surface area contributed by atoms with E-state index in [2.05, 4.69) is 10.6 Å². The molecule has 1 saturated heterocycles. The molecule has 2 unspecified atom stereocenters. The molecular formula is C15H17ClN2O2. The normalized spacial score (nSPS) is 26.9. The molecule has 1 amide bonds. The van der Waals surface area contributed by atoms with Gasteiger partial charge in [0.1, 0.15) is 5.58 Å². The molecule has 20 heavy (non-hydrogen) atoms. The van der Waals surface area contributed by atoms with Gasteiger partial charge in [0.15, 0.2) is 5.76 Å². The van der Waals surface area contributed by atoms with Crippen LogP contribution in [0, 0.1) is 18.8 Å². The van der Waals surface area contributed by atoms with Gasteiger partial charge in [-0.05, 0) is 37.0 Å². The number of halogens is 1. The number of carbonyl (C=O) groups excluding carboxylic acids is 1. The van der Waals surface area contributed by atoms with Crippen molar-refractivity contribution in [1.29, 1.82) is 0 Å². The average molecular weight is 293 g/mol. The first kappa shape index (κ1) is 13.5. The van der Waals surface area contributed by atoms with Gasteiger partial charge in [0.05, 0.1) is 0 Å². The average Bonchev–Trinajstić information content (AvgIpc) is 2.83. The molecule has 4 rings (SSSR count). The topological polar surface area (TPSA) is 54.3 Å². The lowest BCUT2D eigenvalue weighted by Crippen LogP contribution is -2.32. The second-order valence-corrected chi connectivity index (χ2v) is 5.64. The highest BCUT2D eigenvalue weighted by atomic mass is 35.5. The van der Waals surface area contributed by atoms with Gasteiger partial charge in [0.2, 0.25) is 0 Å². The quantitative estimate of drug-likeness (QED) is 0.891. The Kier molecular flexibility index (Phi) is 3.22. The van der Waals surface area contributed by atoms with E-state index in [1.165, 1.54) is 5.56 Å². The van der Waals surface area contributed by atoms with Crippen molar-refractivity contribution < 1.29 is 9.21 Å². The number of carbonyl (C=O) groups is 1. The summed E-state index contributed by atoms with van der Waals surface area (Å²) in [5.74, 6) is 1.57. The van der Waals surface area contributed by atoms with E-state index in [1.807, 2.05) is 31.2 Å². The lowest BCUT2D eigenvalue weighted by molar-refractivity contribution is 0.0921. The molecule has 0 radical (unpaired) electrons. The Balaban J connectivity index is 0.00000121. The number of hydrogen-bond donors (Lipinski definition) is 2. The number of nitrogens with one attached hydrogen (secondary N) is 2. The van der Waals surface area contributed by atoms with Crippen molar-refractivity contribution in [2.45, 2.75) is 13.0 Å². The lowest BCUT2D eigenvalue weighted by Gasteiger charge is -2.05. The number of furan rings is 1. The SMILES string of the molecule is Cc1ccc2oc(C(=O)NC3C4CNCC43)cc2c1.Cl. The van der Waals surface area contributed by atoms with Crippen LogP contribution in [0.4, 0.5) is 0 Å². The third-order valence-corrected chi connectivity index (χ3v) is 4.29. The number of amides is 1. The molecule has 0 bridgehead atoms. The van der Waals surface area contributed by atoms with Crippen molar-refractivity contribution in [2.24, 2.45) is 11.8 Å². The van der Waals surface area contributed by atoms with E-state index in [0.717, 1.165) is 24.1 Å². The molecular weight excluding hydrogens is 276 g/mol. The summed E-state index contributed by atoms with van der Waals surface area (Å²) in [4.78, 5) is 12.2. The highest BCUT2D eigenvalue weighted by Crippen LogP contribution is 2.41. The summed E-state index contributed by atoms with van der Waals surface area (Å²) >= 11 is 0. The largest absolute Gasteiger partial charge is 0.451 e. The summed E-state index contributed by atoms with van der Waals surface area (Å²) in [6, 6.07) is 8.10. The number of piperidine rings is 1. The van der Waals surface area contributed by atoms with E-state index in [9.17, 15) is 4.79 Å². The first-order valence-electron chi connectivity index (χ1n) is 6.74. The van der Waals surface area contributed by atoms with Crippen molar-refractivity contribution in [3.05, 3.63) is 35.6 Å². The number of benzene rings is 1. The summed E-state index contributed by atoms with van der Waals surface area (Å²) in [5, 5.41) is 7.38. The molecule has 2 N–H and O–H groups in total. The first-order valence-corrected chi connectivity index (χ1v) is 6.74. The predicted molar refractivity (Wildman–Crippen MR) is 79.3 cm³/mol. The molecule has 4 nitrogen and oxygen atoms in total. The molecule has 2 heterocycles. The van der Waals surface area contributed by atoms with Crippen LogP contribution < -0.4 is 10.6 Å². The van der Waals surface area contributed by atoms with Crippen LogP contribution in [-0.4, -0.2) is 25.0 Å². The zero-order chi connectivity index (χ0) is 13.0. The number of hydrogen-bond acceptors (Lipinski definition) is 3. The zero-order valence-corrected chi connectivity index (χ0v) is 12.0. The highest BCUT2D eigenvalue weighted by molar-refractivity contribution is 5.96. The Morgan fingerprint density at radius 1 is 1.30 bits per heavy atom. The van der Waals surface area contributed by atoms with Crippen LogP contribution in [0.1, 0.15) is 16.1 Å². The van der Waals surface area contributed by atoms with Crippen LogP contribution in [-0.2, 0) is 0 Å². The number of aryl methyl sites for hydroxylation is 1. The van der Waals surface area contributed by atoms with Crippen LogP contribution in [0.5, 0.6) is 0 Å². The molecule has 1 saturated carbocycles. The first-order chi connectivity index (χ1) is 9.22. The predicted octanol–water partition coefficient (Wildman–Crippen LogP) is 2.11. The maximum atomic E-state index is 12.2. The van der Waals surface area contributed by atoms with Crippen molar-refractivity contribution >= 4 is 29.3 Å². The molecule has 1 aromatic carbocycles. The van der Waals surface area contributed by atoms with Gasteiger partial charge < -0.3 is 15.1 Å². The third kappa shape index (κ3) is 2.09. The van der Waals surface area contributed by atoms with Gasteiger partial charge in [-0.15, -0.1) is 12.4 Å². The molecule has 1 aliphatic heterocycles. The van der Waals surface area contributed by atoms with Gasteiger partial charge in [-0.25, -0.2) is 0 Å². The van der Waals surface area contributed by atoms with Crippen LogP contribution >= 0.6 is 12.4 Å². The second-order valence-electron chi connectivity index (χ2n) is 5.64. The molecule has 1 aliphatic carbocycles. The number of rotatable bonds is 2. The monoisotopic (exact) mass is 292 g/mol. The lowest BCUT2D eigenvalue weighted by atomic mass is 10.2.